The molecule has 1 aromatic carbocycles. The summed E-state index contributed by atoms with van der Waals surface area (Å²) in [6, 6.07) is 8.03. The number of nitrogens with zero attached hydrogens (tertiary/aromatic N) is 2. The fourth-order valence-electron chi connectivity index (χ4n) is 1.87. The minimum atomic E-state index is -0.245. The van der Waals surface area contributed by atoms with Crippen molar-refractivity contribution in [1.29, 1.82) is 0 Å². The number of nitrogens with two attached hydrogens (primary N) is 1. The zero-order valence-electron chi connectivity index (χ0n) is 10.4. The molecule has 1 unspecified atom stereocenters. The van der Waals surface area contributed by atoms with Gasteiger partial charge in [-0.25, -0.2) is 0 Å². The quantitative estimate of drug-likeness (QED) is 0.875. The van der Waals surface area contributed by atoms with Gasteiger partial charge in [-0.1, -0.05) is 30.7 Å². The number of aromatic nitrogens is 2. The first-order chi connectivity index (χ1) is 8.63. The van der Waals surface area contributed by atoms with Crippen LogP contribution in [0.1, 0.15) is 24.2 Å². The third-order valence-corrected chi connectivity index (χ3v) is 3.97. The van der Waals surface area contributed by atoms with Crippen molar-refractivity contribution in [2.24, 2.45) is 12.8 Å². The van der Waals surface area contributed by atoms with Crippen LogP contribution in [-0.4, -0.2) is 15.5 Å². The second kappa shape index (κ2) is 5.78. The molecule has 96 valence electrons. The van der Waals surface area contributed by atoms with Crippen LogP contribution in [-0.2, 0) is 7.05 Å². The van der Waals surface area contributed by atoms with Crippen LogP contribution in [0.2, 0.25) is 5.02 Å². The molecule has 18 heavy (non-hydrogen) atoms. The lowest BCUT2D eigenvalue weighted by atomic mass is 10.1. The van der Waals surface area contributed by atoms with E-state index in [0.717, 1.165) is 17.0 Å². The van der Waals surface area contributed by atoms with Gasteiger partial charge >= 0.3 is 0 Å². The van der Waals surface area contributed by atoms with Crippen molar-refractivity contribution in [3.8, 4) is 0 Å². The Hall–Kier alpha value is -0.970. The first kappa shape index (κ1) is 13.5. The Bertz CT molecular complexity index is 502. The lowest BCUT2D eigenvalue weighted by molar-refractivity contribution is 0.673. The van der Waals surface area contributed by atoms with Crippen molar-refractivity contribution in [3.63, 3.8) is 0 Å². The highest BCUT2D eigenvalue weighted by Gasteiger charge is 2.16. The maximum atomic E-state index is 6.23. The Kier molecular flexibility index (Phi) is 4.32. The monoisotopic (exact) mass is 281 g/mol. The van der Waals surface area contributed by atoms with E-state index in [1.165, 1.54) is 4.90 Å². The van der Waals surface area contributed by atoms with Crippen molar-refractivity contribution in [2.45, 2.75) is 17.9 Å². The van der Waals surface area contributed by atoms with Gasteiger partial charge < -0.3 is 5.73 Å². The normalized spacial score (nSPS) is 12.7. The summed E-state index contributed by atoms with van der Waals surface area (Å²) < 4.78 is 1.72. The summed E-state index contributed by atoms with van der Waals surface area (Å²) in [5.41, 5.74) is 8.12. The van der Waals surface area contributed by atoms with Gasteiger partial charge in [0.25, 0.3) is 0 Å². The largest absolute Gasteiger partial charge is 0.319 e. The molecule has 0 aliphatic carbocycles. The van der Waals surface area contributed by atoms with Gasteiger partial charge in [0.05, 0.1) is 23.0 Å². The van der Waals surface area contributed by atoms with Crippen molar-refractivity contribution in [3.05, 3.63) is 46.7 Å². The van der Waals surface area contributed by atoms with Gasteiger partial charge in [-0.05, 0) is 23.4 Å². The summed E-state index contributed by atoms with van der Waals surface area (Å²) in [5, 5.41) is 4.72. The zero-order chi connectivity index (χ0) is 13.1. The summed E-state index contributed by atoms with van der Waals surface area (Å²) in [6.45, 7) is 2.14. The van der Waals surface area contributed by atoms with E-state index in [4.69, 9.17) is 17.3 Å². The van der Waals surface area contributed by atoms with Crippen molar-refractivity contribution < 1.29 is 0 Å². The average molecular weight is 282 g/mol. The fraction of sp³-hybridized carbons (Fsp3) is 0.308. The number of aryl methyl sites for hydroxylation is 1. The molecule has 0 fully saturated rings. The molecule has 5 heteroatoms. The van der Waals surface area contributed by atoms with Gasteiger partial charge in [-0.15, -0.1) is 11.8 Å². The third kappa shape index (κ3) is 2.71. The highest BCUT2D eigenvalue weighted by Crippen LogP contribution is 2.27. The second-order valence-electron chi connectivity index (χ2n) is 3.98. The fourth-order valence-corrected chi connectivity index (χ4v) is 2.81. The van der Waals surface area contributed by atoms with Crippen LogP contribution in [0.25, 0.3) is 0 Å². The van der Waals surface area contributed by atoms with E-state index in [9.17, 15) is 0 Å². The van der Waals surface area contributed by atoms with Crippen molar-refractivity contribution in [1.82, 2.24) is 9.78 Å². The van der Waals surface area contributed by atoms with Gasteiger partial charge in [0.2, 0.25) is 0 Å². The standard InChI is InChI=1S/C13H16ClN3S/c1-3-18-10-6-4-9(5-7-10)12(15)13-11(14)8-16-17(13)2/h4-8,12H,3,15H2,1-2H3. The van der Waals surface area contributed by atoms with Crippen LogP contribution < -0.4 is 5.73 Å². The molecule has 0 spiro atoms. The Morgan fingerprint density at radius 3 is 2.56 bits per heavy atom. The number of hydrogen-bond donors (Lipinski definition) is 1. The van der Waals surface area contributed by atoms with Crippen LogP contribution in [0.15, 0.2) is 35.4 Å². The predicted octanol–water partition coefficient (Wildman–Crippen LogP) is 3.23. The average Bonchev–Trinajstić information content (AvgIpc) is 2.70. The first-order valence-corrected chi connectivity index (χ1v) is 7.15. The van der Waals surface area contributed by atoms with E-state index < -0.39 is 0 Å². The molecular weight excluding hydrogens is 266 g/mol. The third-order valence-electron chi connectivity index (χ3n) is 2.78. The van der Waals surface area contributed by atoms with Crippen molar-refractivity contribution >= 4 is 23.4 Å². The van der Waals surface area contributed by atoms with E-state index in [0.29, 0.717) is 5.02 Å². The molecule has 0 bridgehead atoms. The van der Waals surface area contributed by atoms with Crippen molar-refractivity contribution in [2.75, 3.05) is 5.75 Å². The van der Waals surface area contributed by atoms with Crippen LogP contribution in [0.3, 0.4) is 0 Å². The Morgan fingerprint density at radius 1 is 1.39 bits per heavy atom. The Balaban J connectivity index is 2.26. The van der Waals surface area contributed by atoms with E-state index in [2.05, 4.69) is 24.2 Å². The zero-order valence-corrected chi connectivity index (χ0v) is 12.0. The van der Waals surface area contributed by atoms with E-state index in [1.807, 2.05) is 30.9 Å². The molecule has 2 aromatic rings. The number of thioether (sulfide) groups is 1. The number of halogens is 1. The molecule has 3 nitrogen and oxygen atoms in total. The summed E-state index contributed by atoms with van der Waals surface area (Å²) in [5.74, 6) is 1.07. The summed E-state index contributed by atoms with van der Waals surface area (Å²) in [7, 11) is 1.85. The van der Waals surface area contributed by atoms with Gasteiger partial charge in [-0.3, -0.25) is 4.68 Å². The molecule has 0 saturated carbocycles. The van der Waals surface area contributed by atoms with Crippen LogP contribution in [0.4, 0.5) is 0 Å². The van der Waals surface area contributed by atoms with E-state index >= 15 is 0 Å². The van der Waals surface area contributed by atoms with Crippen LogP contribution in [0.5, 0.6) is 0 Å². The molecule has 2 N–H and O–H groups in total. The highest BCUT2D eigenvalue weighted by molar-refractivity contribution is 7.99. The number of hydrogen-bond acceptors (Lipinski definition) is 3. The molecule has 1 aromatic heterocycles. The summed E-state index contributed by atoms with van der Waals surface area (Å²) >= 11 is 7.92. The predicted molar refractivity (Wildman–Crippen MR) is 77.1 cm³/mol. The first-order valence-electron chi connectivity index (χ1n) is 5.79. The lowest BCUT2D eigenvalue weighted by Gasteiger charge is -2.13. The molecule has 0 aliphatic rings. The molecule has 0 aliphatic heterocycles. The van der Waals surface area contributed by atoms with Gasteiger partial charge in [-0.2, -0.15) is 5.10 Å². The maximum absolute atomic E-state index is 6.23. The minimum Gasteiger partial charge on any atom is -0.319 e. The second-order valence-corrected chi connectivity index (χ2v) is 5.73. The van der Waals surface area contributed by atoms with Gasteiger partial charge in [0.1, 0.15) is 0 Å². The molecule has 0 radical (unpaired) electrons. The SMILES string of the molecule is CCSc1ccc(C(N)c2c(Cl)cnn2C)cc1. The van der Waals surface area contributed by atoms with E-state index in [-0.39, 0.29) is 6.04 Å². The molecule has 0 amide bonds. The maximum Gasteiger partial charge on any atom is 0.0837 e. The van der Waals surface area contributed by atoms with Crippen LogP contribution >= 0.6 is 23.4 Å². The summed E-state index contributed by atoms with van der Waals surface area (Å²) in [6.07, 6.45) is 1.62. The van der Waals surface area contributed by atoms with Gasteiger partial charge in [0.15, 0.2) is 0 Å². The lowest BCUT2D eigenvalue weighted by Crippen LogP contribution is -2.16. The molecule has 0 saturated heterocycles. The number of rotatable bonds is 4. The van der Waals surface area contributed by atoms with E-state index in [1.54, 1.807) is 10.9 Å². The number of benzene rings is 1. The highest BCUT2D eigenvalue weighted by atomic mass is 35.5. The Morgan fingerprint density at radius 2 is 2.06 bits per heavy atom. The smallest absolute Gasteiger partial charge is 0.0837 e. The van der Waals surface area contributed by atoms with Crippen LogP contribution in [0, 0.1) is 0 Å². The molecule has 2 rings (SSSR count). The molecule has 1 heterocycles. The topological polar surface area (TPSA) is 43.8 Å². The minimum absolute atomic E-state index is 0.245. The molecule has 1 atom stereocenters. The Labute approximate surface area is 116 Å². The molecular formula is C13H16ClN3S. The van der Waals surface area contributed by atoms with Gasteiger partial charge in [0, 0.05) is 11.9 Å². The summed E-state index contributed by atoms with van der Waals surface area (Å²) in [4.78, 5) is 1.25.